The van der Waals surface area contributed by atoms with Crippen molar-refractivity contribution in [1.29, 1.82) is 0 Å². The minimum Gasteiger partial charge on any atom is -0.373 e. The third-order valence-corrected chi connectivity index (χ3v) is 2.13. The Hall–Kier alpha value is -2.57. The topological polar surface area (TPSA) is 93.8 Å². The van der Waals surface area contributed by atoms with E-state index in [1.165, 1.54) is 18.5 Å². The molecule has 0 saturated heterocycles. The normalized spacial score (nSPS) is 9.94. The zero-order valence-electron chi connectivity index (χ0n) is 8.99. The van der Waals surface area contributed by atoms with Crippen molar-refractivity contribution in [2.24, 2.45) is 0 Å². The van der Waals surface area contributed by atoms with Gasteiger partial charge in [0.25, 0.3) is 5.69 Å². The van der Waals surface area contributed by atoms with Crippen LogP contribution in [0.2, 0.25) is 0 Å². The highest BCUT2D eigenvalue weighted by atomic mass is 16.6. The number of anilines is 1. The molecule has 86 valence electrons. The van der Waals surface area contributed by atoms with E-state index in [2.05, 4.69) is 20.3 Å². The molecule has 0 unspecified atom stereocenters. The average Bonchev–Trinajstić information content (AvgIpc) is 2.39. The van der Waals surface area contributed by atoms with Crippen LogP contribution in [-0.2, 0) is 0 Å². The van der Waals surface area contributed by atoms with E-state index in [1.807, 2.05) is 0 Å². The first-order valence-electron chi connectivity index (χ1n) is 4.80. The van der Waals surface area contributed by atoms with E-state index >= 15 is 0 Å². The van der Waals surface area contributed by atoms with Crippen molar-refractivity contribution < 1.29 is 4.92 Å². The molecule has 0 fully saturated rings. The van der Waals surface area contributed by atoms with Gasteiger partial charge in [-0.25, -0.2) is 15.0 Å². The standard InChI is InChI=1S/C10H9N5O2/c1-11-10-3-8(15(16)17)2-9(14-10)7-4-12-6-13-5-7/h2-6H,1H3,(H,11,14). The summed E-state index contributed by atoms with van der Waals surface area (Å²) in [5.41, 5.74) is 1.07. The molecule has 0 aliphatic carbocycles. The second-order valence-electron chi connectivity index (χ2n) is 3.23. The van der Waals surface area contributed by atoms with Crippen LogP contribution in [0.4, 0.5) is 11.5 Å². The molecule has 17 heavy (non-hydrogen) atoms. The number of aromatic nitrogens is 3. The molecule has 0 aliphatic heterocycles. The van der Waals surface area contributed by atoms with Gasteiger partial charge in [0.15, 0.2) is 0 Å². The molecule has 0 atom stereocenters. The van der Waals surface area contributed by atoms with Gasteiger partial charge in [0.1, 0.15) is 12.1 Å². The quantitative estimate of drug-likeness (QED) is 0.635. The smallest absolute Gasteiger partial charge is 0.275 e. The average molecular weight is 231 g/mol. The number of rotatable bonds is 3. The third-order valence-electron chi connectivity index (χ3n) is 2.13. The van der Waals surface area contributed by atoms with Gasteiger partial charge in [0, 0.05) is 31.1 Å². The van der Waals surface area contributed by atoms with Crippen molar-refractivity contribution in [3.05, 3.63) is 41.0 Å². The number of hydrogen-bond acceptors (Lipinski definition) is 6. The first-order valence-corrected chi connectivity index (χ1v) is 4.80. The first kappa shape index (κ1) is 10.9. The van der Waals surface area contributed by atoms with Crippen LogP contribution in [0.1, 0.15) is 0 Å². The number of nitro groups is 1. The minimum atomic E-state index is -0.462. The van der Waals surface area contributed by atoms with Crippen LogP contribution in [0.15, 0.2) is 30.9 Å². The molecule has 0 saturated carbocycles. The lowest BCUT2D eigenvalue weighted by Gasteiger charge is -2.03. The summed E-state index contributed by atoms with van der Waals surface area (Å²) in [5.74, 6) is 0.429. The van der Waals surface area contributed by atoms with Gasteiger partial charge in [0.05, 0.1) is 16.7 Å². The van der Waals surface area contributed by atoms with E-state index in [0.717, 1.165) is 0 Å². The molecule has 0 aromatic carbocycles. The summed E-state index contributed by atoms with van der Waals surface area (Å²) < 4.78 is 0. The summed E-state index contributed by atoms with van der Waals surface area (Å²) in [6.45, 7) is 0. The molecule has 7 nitrogen and oxygen atoms in total. The Morgan fingerprint density at radius 1 is 1.29 bits per heavy atom. The lowest BCUT2D eigenvalue weighted by atomic mass is 10.2. The molecule has 1 N–H and O–H groups in total. The van der Waals surface area contributed by atoms with Gasteiger partial charge in [-0.3, -0.25) is 10.1 Å². The fraction of sp³-hybridized carbons (Fsp3) is 0.100. The van der Waals surface area contributed by atoms with Gasteiger partial charge < -0.3 is 5.32 Å². The Labute approximate surface area is 96.7 Å². The van der Waals surface area contributed by atoms with Gasteiger partial charge in [-0.15, -0.1) is 0 Å². The predicted molar refractivity (Wildman–Crippen MR) is 61.5 cm³/mol. The van der Waals surface area contributed by atoms with Crippen molar-refractivity contribution >= 4 is 11.5 Å². The Kier molecular flexibility index (Phi) is 2.91. The van der Waals surface area contributed by atoms with Crippen molar-refractivity contribution in [2.45, 2.75) is 0 Å². The summed E-state index contributed by atoms with van der Waals surface area (Å²) in [6, 6.07) is 2.76. The molecule has 0 radical (unpaired) electrons. The molecule has 0 aliphatic rings. The SMILES string of the molecule is CNc1cc([N+](=O)[O-])cc(-c2cncnc2)n1. The second-order valence-corrected chi connectivity index (χ2v) is 3.23. The van der Waals surface area contributed by atoms with E-state index in [9.17, 15) is 10.1 Å². The Morgan fingerprint density at radius 3 is 2.59 bits per heavy atom. The number of pyridine rings is 1. The summed E-state index contributed by atoms with van der Waals surface area (Å²) in [7, 11) is 1.65. The lowest BCUT2D eigenvalue weighted by molar-refractivity contribution is -0.384. The van der Waals surface area contributed by atoms with Gasteiger partial charge >= 0.3 is 0 Å². The van der Waals surface area contributed by atoms with E-state index in [0.29, 0.717) is 17.1 Å². The highest BCUT2D eigenvalue weighted by Gasteiger charge is 2.11. The maximum absolute atomic E-state index is 10.8. The van der Waals surface area contributed by atoms with Crippen molar-refractivity contribution in [1.82, 2.24) is 15.0 Å². The van der Waals surface area contributed by atoms with Gasteiger partial charge in [0.2, 0.25) is 0 Å². The largest absolute Gasteiger partial charge is 0.373 e. The Morgan fingerprint density at radius 2 is 2.00 bits per heavy atom. The molecule has 0 spiro atoms. The van der Waals surface area contributed by atoms with Crippen LogP contribution in [0.5, 0.6) is 0 Å². The molecule has 0 bridgehead atoms. The van der Waals surface area contributed by atoms with E-state index < -0.39 is 4.92 Å². The molecule has 2 aromatic rings. The summed E-state index contributed by atoms with van der Waals surface area (Å²) in [5, 5.41) is 13.5. The summed E-state index contributed by atoms with van der Waals surface area (Å²) in [6.07, 6.45) is 4.50. The summed E-state index contributed by atoms with van der Waals surface area (Å²) in [4.78, 5) is 22.2. The van der Waals surface area contributed by atoms with Gasteiger partial charge in [-0.2, -0.15) is 0 Å². The predicted octanol–water partition coefficient (Wildman–Crippen LogP) is 1.49. The molecule has 2 rings (SSSR count). The van der Waals surface area contributed by atoms with Crippen LogP contribution in [-0.4, -0.2) is 26.9 Å². The van der Waals surface area contributed by atoms with Gasteiger partial charge in [-0.05, 0) is 0 Å². The summed E-state index contributed by atoms with van der Waals surface area (Å²) >= 11 is 0. The highest BCUT2D eigenvalue weighted by molar-refractivity contribution is 5.63. The molecule has 7 heteroatoms. The maximum atomic E-state index is 10.8. The molecule has 2 heterocycles. The molecule has 2 aromatic heterocycles. The lowest BCUT2D eigenvalue weighted by Crippen LogP contribution is -1.97. The van der Waals surface area contributed by atoms with Crippen LogP contribution in [0, 0.1) is 10.1 Å². The maximum Gasteiger partial charge on any atom is 0.275 e. The fourth-order valence-corrected chi connectivity index (χ4v) is 1.33. The zero-order chi connectivity index (χ0) is 12.3. The minimum absolute atomic E-state index is 0.0248. The second kappa shape index (κ2) is 4.52. The molecular formula is C10H9N5O2. The number of hydrogen-bond donors (Lipinski definition) is 1. The highest BCUT2D eigenvalue weighted by Crippen LogP contribution is 2.23. The van der Waals surface area contributed by atoms with E-state index in [-0.39, 0.29) is 5.69 Å². The molecule has 0 amide bonds. The van der Waals surface area contributed by atoms with Crippen molar-refractivity contribution in [3.63, 3.8) is 0 Å². The number of nitrogens with zero attached hydrogens (tertiary/aromatic N) is 4. The van der Waals surface area contributed by atoms with Crippen LogP contribution < -0.4 is 5.32 Å². The van der Waals surface area contributed by atoms with Gasteiger partial charge in [-0.1, -0.05) is 0 Å². The van der Waals surface area contributed by atoms with Crippen molar-refractivity contribution in [3.8, 4) is 11.3 Å². The van der Waals surface area contributed by atoms with E-state index in [1.54, 1.807) is 19.4 Å². The molecular weight excluding hydrogens is 222 g/mol. The Bertz CT molecular complexity index is 544. The van der Waals surface area contributed by atoms with Crippen molar-refractivity contribution in [2.75, 3.05) is 12.4 Å². The van der Waals surface area contributed by atoms with Crippen LogP contribution in [0.25, 0.3) is 11.3 Å². The van der Waals surface area contributed by atoms with E-state index in [4.69, 9.17) is 0 Å². The third kappa shape index (κ3) is 2.33. The van der Waals surface area contributed by atoms with Crippen LogP contribution in [0.3, 0.4) is 0 Å². The zero-order valence-corrected chi connectivity index (χ0v) is 8.99. The monoisotopic (exact) mass is 231 g/mol. The number of nitrogens with one attached hydrogen (secondary N) is 1. The fourth-order valence-electron chi connectivity index (χ4n) is 1.33. The Balaban J connectivity index is 2.54. The van der Waals surface area contributed by atoms with Crippen LogP contribution >= 0.6 is 0 Å². The first-order chi connectivity index (χ1) is 8.20.